The molecule has 0 spiro atoms. The summed E-state index contributed by atoms with van der Waals surface area (Å²) in [6.07, 6.45) is 5.50. The van der Waals surface area contributed by atoms with E-state index in [9.17, 15) is 4.79 Å². The molecule has 1 unspecified atom stereocenters. The minimum absolute atomic E-state index is 0.120. The maximum absolute atomic E-state index is 12.9. The first kappa shape index (κ1) is 16.0. The topological polar surface area (TPSA) is 71.4 Å². The second kappa shape index (κ2) is 6.44. The van der Waals surface area contributed by atoms with Crippen LogP contribution in [0.3, 0.4) is 0 Å². The Hall–Kier alpha value is -2.47. The molecule has 1 fully saturated rings. The monoisotopic (exact) mass is 359 g/mol. The van der Waals surface area contributed by atoms with Crippen LogP contribution in [-0.2, 0) is 0 Å². The number of methoxy groups -OCH3 is 1. The van der Waals surface area contributed by atoms with Gasteiger partial charge in [0, 0.05) is 47.9 Å². The van der Waals surface area contributed by atoms with Crippen LogP contribution in [0.15, 0.2) is 35.0 Å². The number of hydrogen-bond acceptors (Lipinski definition) is 4. The summed E-state index contributed by atoms with van der Waals surface area (Å²) in [6, 6.07) is 5.17. The van der Waals surface area contributed by atoms with Crippen LogP contribution in [0.5, 0.6) is 5.75 Å². The van der Waals surface area contributed by atoms with Crippen LogP contribution in [0, 0.1) is 0 Å². The number of imidazole rings is 1. The molecule has 130 valence electrons. The first-order chi connectivity index (χ1) is 12.2. The summed E-state index contributed by atoms with van der Waals surface area (Å²) in [6.45, 7) is 1.34. The number of ether oxygens (including phenoxy) is 1. The van der Waals surface area contributed by atoms with Crippen molar-refractivity contribution >= 4 is 28.5 Å². The summed E-state index contributed by atoms with van der Waals surface area (Å²) in [5, 5.41) is 1.30. The molecule has 1 aliphatic rings. The molecule has 2 aromatic heterocycles. The average Bonchev–Trinajstić information content (AvgIpc) is 3.30. The van der Waals surface area contributed by atoms with Gasteiger partial charge in [-0.05, 0) is 25.0 Å². The highest BCUT2D eigenvalue weighted by Crippen LogP contribution is 2.33. The number of hydrogen-bond donors (Lipinski definition) is 1. The molecule has 1 saturated heterocycles. The number of piperidine rings is 1. The van der Waals surface area contributed by atoms with E-state index in [2.05, 4.69) is 9.97 Å². The number of nitrogens with one attached hydrogen (secondary N) is 1. The Kier molecular flexibility index (Phi) is 4.13. The number of nitrogens with zero attached hydrogens (tertiary/aromatic N) is 2. The fourth-order valence-electron chi connectivity index (χ4n) is 3.38. The number of likely N-dealkylation sites (tertiary alicyclic amines) is 1. The molecule has 7 heteroatoms. The second-order valence-corrected chi connectivity index (χ2v) is 6.64. The highest BCUT2D eigenvalue weighted by molar-refractivity contribution is 6.31. The van der Waals surface area contributed by atoms with E-state index in [1.165, 1.54) is 0 Å². The third-order valence-electron chi connectivity index (χ3n) is 4.59. The number of amides is 1. The van der Waals surface area contributed by atoms with Gasteiger partial charge in [0.25, 0.3) is 5.91 Å². The Morgan fingerprint density at radius 3 is 3.08 bits per heavy atom. The van der Waals surface area contributed by atoms with Crippen molar-refractivity contribution < 1.29 is 13.9 Å². The smallest absolute Gasteiger partial charge is 0.289 e. The van der Waals surface area contributed by atoms with Gasteiger partial charge >= 0.3 is 0 Å². The van der Waals surface area contributed by atoms with E-state index in [1.807, 2.05) is 11.1 Å². The number of benzene rings is 1. The number of halogens is 1. The van der Waals surface area contributed by atoms with Crippen LogP contribution in [0.2, 0.25) is 5.02 Å². The van der Waals surface area contributed by atoms with Gasteiger partial charge in [-0.1, -0.05) is 11.6 Å². The number of carbonyl (C=O) groups is 1. The number of furan rings is 1. The van der Waals surface area contributed by atoms with Crippen molar-refractivity contribution in [3.8, 4) is 5.75 Å². The molecule has 1 aromatic carbocycles. The lowest BCUT2D eigenvalue weighted by molar-refractivity contribution is 0.0675. The highest BCUT2D eigenvalue weighted by atomic mass is 35.5. The molecule has 1 atom stereocenters. The van der Waals surface area contributed by atoms with E-state index in [4.69, 9.17) is 20.8 Å². The molecule has 1 aliphatic heterocycles. The summed E-state index contributed by atoms with van der Waals surface area (Å²) in [7, 11) is 1.55. The molecular formula is C18H18ClN3O3. The Labute approximate surface area is 149 Å². The van der Waals surface area contributed by atoms with Gasteiger partial charge in [0.05, 0.1) is 7.11 Å². The van der Waals surface area contributed by atoms with E-state index < -0.39 is 0 Å². The fourth-order valence-corrected chi connectivity index (χ4v) is 3.60. The van der Waals surface area contributed by atoms with E-state index >= 15 is 0 Å². The van der Waals surface area contributed by atoms with Crippen molar-refractivity contribution in [2.45, 2.75) is 18.8 Å². The predicted molar refractivity (Wildman–Crippen MR) is 94.2 cm³/mol. The zero-order chi connectivity index (χ0) is 17.4. The molecular weight excluding hydrogens is 342 g/mol. The first-order valence-corrected chi connectivity index (χ1v) is 8.59. The van der Waals surface area contributed by atoms with Gasteiger partial charge in [-0.25, -0.2) is 4.98 Å². The zero-order valence-corrected chi connectivity index (χ0v) is 14.5. The normalized spacial score (nSPS) is 17.8. The molecule has 1 N–H and O–H groups in total. The molecule has 0 aliphatic carbocycles. The lowest BCUT2D eigenvalue weighted by atomic mass is 9.97. The highest BCUT2D eigenvalue weighted by Gasteiger charge is 2.28. The number of H-pyrrole nitrogens is 1. The predicted octanol–water partition coefficient (Wildman–Crippen LogP) is 3.84. The Morgan fingerprint density at radius 1 is 1.44 bits per heavy atom. The van der Waals surface area contributed by atoms with Crippen molar-refractivity contribution in [2.75, 3.05) is 20.2 Å². The molecule has 6 nitrogen and oxygen atoms in total. The first-order valence-electron chi connectivity index (χ1n) is 8.21. The Morgan fingerprint density at radius 2 is 2.32 bits per heavy atom. The maximum atomic E-state index is 12.9. The van der Waals surface area contributed by atoms with Crippen molar-refractivity contribution in [2.24, 2.45) is 0 Å². The summed E-state index contributed by atoms with van der Waals surface area (Å²) in [4.78, 5) is 22.2. The summed E-state index contributed by atoms with van der Waals surface area (Å²) in [5.41, 5.74) is 0.537. The maximum Gasteiger partial charge on any atom is 0.289 e. The average molecular weight is 360 g/mol. The SMILES string of the molecule is COc1cc(Cl)cc2cc(C(=O)N3CCCC(c4ncc[nH]4)C3)oc12. The van der Waals surface area contributed by atoms with Crippen LogP contribution >= 0.6 is 11.6 Å². The molecule has 3 heterocycles. The fraction of sp³-hybridized carbons (Fsp3) is 0.333. The molecule has 0 bridgehead atoms. The number of rotatable bonds is 3. The molecule has 3 aromatic rings. The number of aromatic amines is 1. The van der Waals surface area contributed by atoms with Gasteiger partial charge in [0.2, 0.25) is 0 Å². The second-order valence-electron chi connectivity index (χ2n) is 6.20. The van der Waals surface area contributed by atoms with Gasteiger partial charge in [0.1, 0.15) is 5.82 Å². The van der Waals surface area contributed by atoms with Crippen LogP contribution in [0.25, 0.3) is 11.0 Å². The molecule has 0 radical (unpaired) electrons. The van der Waals surface area contributed by atoms with E-state index in [0.29, 0.717) is 35.2 Å². The van der Waals surface area contributed by atoms with Crippen molar-refractivity contribution in [3.05, 3.63) is 47.2 Å². The minimum atomic E-state index is -0.120. The van der Waals surface area contributed by atoms with E-state index in [-0.39, 0.29) is 11.8 Å². The van der Waals surface area contributed by atoms with Crippen molar-refractivity contribution in [1.29, 1.82) is 0 Å². The summed E-state index contributed by atoms with van der Waals surface area (Å²) in [5.74, 6) is 1.85. The molecule has 25 heavy (non-hydrogen) atoms. The van der Waals surface area contributed by atoms with E-state index in [1.54, 1.807) is 31.5 Å². The lowest BCUT2D eigenvalue weighted by Crippen LogP contribution is -2.39. The quantitative estimate of drug-likeness (QED) is 0.771. The summed E-state index contributed by atoms with van der Waals surface area (Å²) < 4.78 is 11.1. The van der Waals surface area contributed by atoms with E-state index in [0.717, 1.165) is 24.1 Å². The molecule has 4 rings (SSSR count). The van der Waals surface area contributed by atoms with Gasteiger partial charge < -0.3 is 19.0 Å². The standard InChI is InChI=1S/C18H18ClN3O3/c1-24-14-9-13(19)7-12-8-15(25-16(12)14)18(23)22-6-2-3-11(10-22)17-20-4-5-21-17/h4-5,7-9,11H,2-3,6,10H2,1H3,(H,20,21). The van der Waals surface area contributed by atoms with Crippen molar-refractivity contribution in [3.63, 3.8) is 0 Å². The Balaban J connectivity index is 1.61. The Bertz CT molecular complexity index is 904. The largest absolute Gasteiger partial charge is 0.493 e. The molecule has 0 saturated carbocycles. The van der Waals surface area contributed by atoms with Crippen LogP contribution < -0.4 is 4.74 Å². The molecule has 1 amide bonds. The van der Waals surface area contributed by atoms with Crippen molar-refractivity contribution in [1.82, 2.24) is 14.9 Å². The van der Waals surface area contributed by atoms with Crippen LogP contribution in [0.1, 0.15) is 35.1 Å². The summed E-state index contributed by atoms with van der Waals surface area (Å²) >= 11 is 6.09. The van der Waals surface area contributed by atoms with Gasteiger partial charge in [0.15, 0.2) is 17.1 Å². The van der Waals surface area contributed by atoms with Crippen LogP contribution in [0.4, 0.5) is 0 Å². The number of aromatic nitrogens is 2. The van der Waals surface area contributed by atoms with Crippen LogP contribution in [-0.4, -0.2) is 41.0 Å². The number of fused-ring (bicyclic) bond motifs is 1. The van der Waals surface area contributed by atoms with Gasteiger partial charge in [-0.3, -0.25) is 4.79 Å². The number of carbonyl (C=O) groups excluding carboxylic acids is 1. The van der Waals surface area contributed by atoms with Gasteiger partial charge in [-0.2, -0.15) is 0 Å². The third kappa shape index (κ3) is 2.98. The van der Waals surface area contributed by atoms with Gasteiger partial charge in [-0.15, -0.1) is 0 Å². The zero-order valence-electron chi connectivity index (χ0n) is 13.8. The third-order valence-corrected chi connectivity index (χ3v) is 4.81. The lowest BCUT2D eigenvalue weighted by Gasteiger charge is -2.31. The minimum Gasteiger partial charge on any atom is -0.493 e.